The zero-order valence-corrected chi connectivity index (χ0v) is 14.0. The molecule has 0 saturated carbocycles. The maximum atomic E-state index is 12.3. The fourth-order valence-electron chi connectivity index (χ4n) is 1.85. The van der Waals surface area contributed by atoms with Gasteiger partial charge in [-0.1, -0.05) is 13.8 Å². The van der Waals surface area contributed by atoms with Gasteiger partial charge in [0.25, 0.3) is 0 Å². The number of hydrogen-bond donors (Lipinski definition) is 3. The standard InChI is InChI=1S/C13H26N4O3S/c1-10(2)5-7-20-8-6-15-21(18,19)13-11(3)16-17-12(13)9-14-4/h10,14-15H,5-9H2,1-4H3,(H,16,17). The van der Waals surface area contributed by atoms with Gasteiger partial charge in [-0.2, -0.15) is 5.10 Å². The molecule has 1 aromatic rings. The summed E-state index contributed by atoms with van der Waals surface area (Å²) in [4.78, 5) is 0.221. The summed E-state index contributed by atoms with van der Waals surface area (Å²) >= 11 is 0. The molecule has 0 aliphatic heterocycles. The van der Waals surface area contributed by atoms with Crippen molar-refractivity contribution in [3.8, 4) is 0 Å². The molecule has 0 bridgehead atoms. The molecular weight excluding hydrogens is 292 g/mol. The zero-order valence-electron chi connectivity index (χ0n) is 13.2. The monoisotopic (exact) mass is 318 g/mol. The molecule has 0 unspecified atom stereocenters. The predicted molar refractivity (Wildman–Crippen MR) is 81.6 cm³/mol. The van der Waals surface area contributed by atoms with Gasteiger partial charge >= 0.3 is 0 Å². The number of nitrogens with one attached hydrogen (secondary N) is 3. The molecule has 0 fully saturated rings. The van der Waals surface area contributed by atoms with E-state index in [2.05, 4.69) is 34.1 Å². The number of aromatic nitrogens is 2. The van der Waals surface area contributed by atoms with Gasteiger partial charge in [0.15, 0.2) is 0 Å². The van der Waals surface area contributed by atoms with Crippen molar-refractivity contribution in [1.29, 1.82) is 0 Å². The van der Waals surface area contributed by atoms with Gasteiger partial charge in [-0.3, -0.25) is 5.10 Å². The summed E-state index contributed by atoms with van der Waals surface area (Å²) in [5.74, 6) is 0.583. The van der Waals surface area contributed by atoms with E-state index < -0.39 is 10.0 Å². The number of rotatable bonds is 10. The number of aromatic amines is 1. The smallest absolute Gasteiger partial charge is 0.244 e. The van der Waals surface area contributed by atoms with Crippen LogP contribution in [0.2, 0.25) is 0 Å². The zero-order chi connectivity index (χ0) is 15.9. The molecule has 0 atom stereocenters. The Bertz CT molecular complexity index is 526. The highest BCUT2D eigenvalue weighted by Crippen LogP contribution is 2.16. The first kappa shape index (κ1) is 18.1. The Morgan fingerprint density at radius 1 is 1.33 bits per heavy atom. The molecule has 0 spiro atoms. The number of H-pyrrole nitrogens is 1. The first-order valence-electron chi connectivity index (χ1n) is 7.14. The van der Waals surface area contributed by atoms with Crippen molar-refractivity contribution in [2.24, 2.45) is 5.92 Å². The average molecular weight is 318 g/mol. The molecule has 0 amide bonds. The summed E-state index contributed by atoms with van der Waals surface area (Å²) in [5, 5.41) is 9.63. The molecule has 0 aliphatic carbocycles. The fraction of sp³-hybridized carbons (Fsp3) is 0.769. The van der Waals surface area contributed by atoms with Crippen LogP contribution in [0, 0.1) is 12.8 Å². The van der Waals surface area contributed by atoms with Crippen molar-refractivity contribution in [2.75, 3.05) is 26.8 Å². The Labute approximate surface area is 126 Å². The fourth-order valence-corrected chi connectivity index (χ4v) is 3.23. The van der Waals surface area contributed by atoms with E-state index in [1.807, 2.05) is 0 Å². The van der Waals surface area contributed by atoms with Gasteiger partial charge < -0.3 is 10.1 Å². The van der Waals surface area contributed by atoms with Crippen LogP contribution in [0.25, 0.3) is 0 Å². The lowest BCUT2D eigenvalue weighted by molar-refractivity contribution is 0.128. The van der Waals surface area contributed by atoms with Crippen molar-refractivity contribution < 1.29 is 13.2 Å². The summed E-state index contributed by atoms with van der Waals surface area (Å²) in [6.45, 7) is 7.60. The quantitative estimate of drug-likeness (QED) is 0.554. The number of sulfonamides is 1. The lowest BCUT2D eigenvalue weighted by atomic mass is 10.1. The maximum Gasteiger partial charge on any atom is 0.244 e. The van der Waals surface area contributed by atoms with Crippen LogP contribution < -0.4 is 10.0 Å². The Balaban J connectivity index is 2.52. The van der Waals surface area contributed by atoms with Crippen LogP contribution in [0.15, 0.2) is 4.90 Å². The largest absolute Gasteiger partial charge is 0.380 e. The van der Waals surface area contributed by atoms with Crippen molar-refractivity contribution in [1.82, 2.24) is 20.2 Å². The molecule has 0 aliphatic rings. The lowest BCUT2D eigenvalue weighted by Crippen LogP contribution is -2.29. The van der Waals surface area contributed by atoms with Gasteiger partial charge in [0, 0.05) is 19.7 Å². The maximum absolute atomic E-state index is 12.3. The summed E-state index contributed by atoms with van der Waals surface area (Å²) < 4.78 is 32.5. The molecule has 21 heavy (non-hydrogen) atoms. The third-order valence-electron chi connectivity index (χ3n) is 2.95. The van der Waals surface area contributed by atoms with E-state index in [-0.39, 0.29) is 11.4 Å². The Morgan fingerprint density at radius 2 is 2.05 bits per heavy atom. The minimum atomic E-state index is -3.57. The Kier molecular flexibility index (Phi) is 7.30. The number of aryl methyl sites for hydroxylation is 1. The van der Waals surface area contributed by atoms with E-state index in [4.69, 9.17) is 4.74 Å². The summed E-state index contributed by atoms with van der Waals surface area (Å²) in [6, 6.07) is 0. The van der Waals surface area contributed by atoms with Crippen molar-refractivity contribution >= 4 is 10.0 Å². The van der Waals surface area contributed by atoms with Crippen LogP contribution in [-0.2, 0) is 21.3 Å². The van der Waals surface area contributed by atoms with Gasteiger partial charge in [0.1, 0.15) is 4.90 Å². The molecule has 1 rings (SSSR count). The van der Waals surface area contributed by atoms with E-state index in [9.17, 15) is 8.42 Å². The van der Waals surface area contributed by atoms with Gasteiger partial charge in [-0.15, -0.1) is 0 Å². The molecule has 0 saturated heterocycles. The lowest BCUT2D eigenvalue weighted by Gasteiger charge is -2.09. The average Bonchev–Trinajstić information content (AvgIpc) is 2.75. The van der Waals surface area contributed by atoms with E-state index in [1.165, 1.54) is 0 Å². The highest BCUT2D eigenvalue weighted by Gasteiger charge is 2.23. The first-order valence-corrected chi connectivity index (χ1v) is 8.62. The number of ether oxygens (including phenoxy) is 1. The normalized spacial score (nSPS) is 12.2. The predicted octanol–water partition coefficient (Wildman–Crippen LogP) is 0.779. The van der Waals surface area contributed by atoms with Gasteiger partial charge in [0.2, 0.25) is 10.0 Å². The van der Waals surface area contributed by atoms with Gasteiger partial charge in [0.05, 0.1) is 18.0 Å². The van der Waals surface area contributed by atoms with Crippen molar-refractivity contribution in [2.45, 2.75) is 38.6 Å². The van der Waals surface area contributed by atoms with Crippen LogP contribution in [0.5, 0.6) is 0 Å². The third kappa shape index (κ3) is 5.74. The first-order chi connectivity index (χ1) is 9.88. The van der Waals surface area contributed by atoms with Crippen LogP contribution in [0.4, 0.5) is 0 Å². The SMILES string of the molecule is CNCc1n[nH]c(C)c1S(=O)(=O)NCCOCCC(C)C. The Hall–Kier alpha value is -0.960. The summed E-state index contributed by atoms with van der Waals surface area (Å²) in [5.41, 5.74) is 1.02. The minimum Gasteiger partial charge on any atom is -0.380 e. The number of hydrogen-bond acceptors (Lipinski definition) is 5. The molecule has 1 aromatic heterocycles. The molecule has 8 heteroatoms. The molecule has 1 heterocycles. The van der Waals surface area contributed by atoms with Crippen LogP contribution in [-0.4, -0.2) is 45.4 Å². The highest BCUT2D eigenvalue weighted by atomic mass is 32.2. The number of nitrogens with zero attached hydrogens (tertiary/aromatic N) is 1. The van der Waals surface area contributed by atoms with E-state index in [1.54, 1.807) is 14.0 Å². The summed E-state index contributed by atoms with van der Waals surface area (Å²) in [7, 11) is -1.82. The van der Waals surface area contributed by atoms with Gasteiger partial charge in [-0.25, -0.2) is 13.1 Å². The molecule has 0 radical (unpaired) electrons. The van der Waals surface area contributed by atoms with Crippen LogP contribution >= 0.6 is 0 Å². The van der Waals surface area contributed by atoms with E-state index in [0.717, 1.165) is 6.42 Å². The second kappa shape index (κ2) is 8.47. The van der Waals surface area contributed by atoms with Gasteiger partial charge in [-0.05, 0) is 26.3 Å². The van der Waals surface area contributed by atoms with E-state index in [0.29, 0.717) is 37.1 Å². The second-order valence-electron chi connectivity index (χ2n) is 5.35. The van der Waals surface area contributed by atoms with Crippen LogP contribution in [0.3, 0.4) is 0 Å². The topological polar surface area (TPSA) is 96.1 Å². The van der Waals surface area contributed by atoms with Crippen molar-refractivity contribution in [3.63, 3.8) is 0 Å². The minimum absolute atomic E-state index is 0.221. The second-order valence-corrected chi connectivity index (χ2v) is 7.05. The summed E-state index contributed by atoms with van der Waals surface area (Å²) in [6.07, 6.45) is 0.972. The highest BCUT2D eigenvalue weighted by molar-refractivity contribution is 7.89. The molecule has 0 aromatic carbocycles. The molecular formula is C13H26N4O3S. The molecule has 7 nitrogen and oxygen atoms in total. The van der Waals surface area contributed by atoms with Crippen molar-refractivity contribution in [3.05, 3.63) is 11.4 Å². The van der Waals surface area contributed by atoms with E-state index >= 15 is 0 Å². The molecule has 3 N–H and O–H groups in total. The Morgan fingerprint density at radius 3 is 2.67 bits per heavy atom. The molecule has 122 valence electrons. The third-order valence-corrected chi connectivity index (χ3v) is 4.62. The van der Waals surface area contributed by atoms with Crippen LogP contribution in [0.1, 0.15) is 31.7 Å².